The van der Waals surface area contributed by atoms with E-state index in [-0.39, 0.29) is 5.91 Å². The predicted molar refractivity (Wildman–Crippen MR) is 107 cm³/mol. The number of aryl methyl sites for hydroxylation is 1. The summed E-state index contributed by atoms with van der Waals surface area (Å²) in [5.74, 6) is 0.0521. The lowest BCUT2D eigenvalue weighted by molar-refractivity contribution is 0.0989. The number of nitrogens with zero attached hydrogens (tertiary/aromatic N) is 3. The van der Waals surface area contributed by atoms with E-state index in [4.69, 9.17) is 0 Å². The molecule has 0 spiro atoms. The Morgan fingerprint density at radius 2 is 2.08 bits per heavy atom. The summed E-state index contributed by atoms with van der Waals surface area (Å²) in [4.78, 5) is 23.8. The van der Waals surface area contributed by atoms with Crippen LogP contribution >= 0.6 is 22.7 Å². The molecule has 1 aliphatic rings. The number of hydrogen-bond donors (Lipinski definition) is 0. The zero-order valence-corrected chi connectivity index (χ0v) is 15.7. The van der Waals surface area contributed by atoms with E-state index >= 15 is 0 Å². The van der Waals surface area contributed by atoms with Crippen LogP contribution in [0.15, 0.2) is 47.3 Å². The Hall–Kier alpha value is -2.57. The minimum absolute atomic E-state index is 0.0521. The van der Waals surface area contributed by atoms with Gasteiger partial charge < -0.3 is 4.90 Å². The number of rotatable bonds is 2. The Bertz CT molecular complexity index is 1140. The number of carbonyl (C=O) groups is 1. The molecule has 1 amide bonds. The summed E-state index contributed by atoms with van der Waals surface area (Å²) < 4.78 is 1.05. The molecule has 5 rings (SSSR count). The molecule has 2 aromatic heterocycles. The van der Waals surface area contributed by atoms with Crippen molar-refractivity contribution in [2.75, 3.05) is 11.4 Å². The van der Waals surface area contributed by atoms with Crippen LogP contribution in [-0.2, 0) is 6.42 Å². The van der Waals surface area contributed by atoms with Gasteiger partial charge in [-0.25, -0.2) is 9.97 Å². The summed E-state index contributed by atoms with van der Waals surface area (Å²) in [6, 6.07) is 12.0. The maximum Gasteiger partial charge on any atom is 0.258 e. The fraction of sp³-hybridized carbons (Fsp3) is 0.150. The van der Waals surface area contributed by atoms with E-state index in [0.29, 0.717) is 12.1 Å². The Labute approximate surface area is 158 Å². The van der Waals surface area contributed by atoms with Gasteiger partial charge in [-0.1, -0.05) is 6.07 Å². The molecule has 2 aromatic carbocycles. The number of thiazole rings is 2. The molecule has 0 unspecified atom stereocenters. The number of aromatic nitrogens is 2. The van der Waals surface area contributed by atoms with Crippen LogP contribution < -0.4 is 4.90 Å². The second kappa shape index (κ2) is 6.00. The Kier molecular flexibility index (Phi) is 3.62. The molecule has 4 nitrogen and oxygen atoms in total. The lowest BCUT2D eigenvalue weighted by Gasteiger charge is -2.17. The van der Waals surface area contributed by atoms with Gasteiger partial charge >= 0.3 is 0 Å². The van der Waals surface area contributed by atoms with Gasteiger partial charge in [0.1, 0.15) is 0 Å². The summed E-state index contributed by atoms with van der Waals surface area (Å²) in [6.45, 7) is 2.73. The van der Waals surface area contributed by atoms with Crippen molar-refractivity contribution < 1.29 is 4.79 Å². The Balaban J connectivity index is 1.48. The standard InChI is InChI=1S/C20H15N3OS2/c1-12-22-17(10-25-12)13-3-5-18-14(8-13)6-7-23(18)20(24)15-2-4-16-19(9-15)26-11-21-16/h2-5,8-11H,6-7H2,1H3. The van der Waals surface area contributed by atoms with Crippen LogP contribution in [0.5, 0.6) is 0 Å². The molecule has 0 bridgehead atoms. The third-order valence-corrected chi connectivity index (χ3v) is 6.28. The molecule has 26 heavy (non-hydrogen) atoms. The van der Waals surface area contributed by atoms with E-state index in [0.717, 1.165) is 38.6 Å². The van der Waals surface area contributed by atoms with Crippen molar-refractivity contribution in [3.63, 3.8) is 0 Å². The highest BCUT2D eigenvalue weighted by molar-refractivity contribution is 7.16. The van der Waals surface area contributed by atoms with Crippen molar-refractivity contribution in [1.29, 1.82) is 0 Å². The van der Waals surface area contributed by atoms with Crippen LogP contribution in [0.4, 0.5) is 5.69 Å². The van der Waals surface area contributed by atoms with Crippen LogP contribution in [0, 0.1) is 6.92 Å². The molecule has 4 aromatic rings. The largest absolute Gasteiger partial charge is 0.308 e. The third-order valence-electron chi connectivity index (χ3n) is 4.71. The molecule has 128 valence electrons. The van der Waals surface area contributed by atoms with E-state index < -0.39 is 0 Å². The molecule has 0 radical (unpaired) electrons. The summed E-state index contributed by atoms with van der Waals surface area (Å²) in [5, 5.41) is 3.15. The number of fused-ring (bicyclic) bond motifs is 2. The lowest BCUT2D eigenvalue weighted by atomic mass is 10.1. The quantitative estimate of drug-likeness (QED) is 0.497. The van der Waals surface area contributed by atoms with Crippen LogP contribution in [0.1, 0.15) is 20.9 Å². The SMILES string of the molecule is Cc1nc(-c2ccc3c(c2)CCN3C(=O)c2ccc3ncsc3c2)cs1. The summed E-state index contributed by atoms with van der Waals surface area (Å²) in [5.41, 5.74) is 7.82. The maximum atomic E-state index is 13.0. The molecule has 6 heteroatoms. The van der Waals surface area contributed by atoms with E-state index in [1.807, 2.05) is 35.5 Å². The molecule has 0 fully saturated rings. The second-order valence-corrected chi connectivity index (χ2v) is 8.29. The number of carbonyl (C=O) groups excluding carboxylic acids is 1. The van der Waals surface area contributed by atoms with E-state index in [2.05, 4.69) is 33.5 Å². The van der Waals surface area contributed by atoms with E-state index in [1.165, 1.54) is 5.56 Å². The van der Waals surface area contributed by atoms with Crippen molar-refractivity contribution >= 4 is 44.5 Å². The molecule has 1 aliphatic heterocycles. The third kappa shape index (κ3) is 2.53. The predicted octanol–water partition coefficient (Wildman–Crippen LogP) is 4.93. The van der Waals surface area contributed by atoms with Crippen LogP contribution in [0.2, 0.25) is 0 Å². The molecule has 3 heterocycles. The molecule has 0 atom stereocenters. The van der Waals surface area contributed by atoms with Crippen LogP contribution in [-0.4, -0.2) is 22.4 Å². The first-order valence-corrected chi connectivity index (χ1v) is 10.2. The lowest BCUT2D eigenvalue weighted by Crippen LogP contribution is -2.28. The van der Waals surface area contributed by atoms with Crippen molar-refractivity contribution in [2.45, 2.75) is 13.3 Å². The molecule has 0 saturated heterocycles. The zero-order valence-electron chi connectivity index (χ0n) is 14.1. The van der Waals surface area contributed by atoms with Crippen LogP contribution in [0.3, 0.4) is 0 Å². The van der Waals surface area contributed by atoms with Gasteiger partial charge in [0.15, 0.2) is 0 Å². The van der Waals surface area contributed by atoms with Crippen molar-refractivity contribution in [3.8, 4) is 11.3 Å². The number of hydrogen-bond acceptors (Lipinski definition) is 5. The van der Waals surface area contributed by atoms with Crippen molar-refractivity contribution in [2.24, 2.45) is 0 Å². The molecule has 0 N–H and O–H groups in total. The fourth-order valence-corrected chi connectivity index (χ4v) is 4.75. The van der Waals surface area contributed by atoms with Gasteiger partial charge in [0.05, 0.1) is 26.4 Å². The van der Waals surface area contributed by atoms with Crippen molar-refractivity contribution in [1.82, 2.24) is 9.97 Å². The van der Waals surface area contributed by atoms with E-state index in [1.54, 1.807) is 22.7 Å². The highest BCUT2D eigenvalue weighted by atomic mass is 32.1. The van der Waals surface area contributed by atoms with E-state index in [9.17, 15) is 4.79 Å². The van der Waals surface area contributed by atoms with Gasteiger partial charge in [-0.2, -0.15) is 0 Å². The number of benzene rings is 2. The van der Waals surface area contributed by atoms with Crippen molar-refractivity contribution in [3.05, 3.63) is 63.4 Å². The first-order chi connectivity index (χ1) is 12.7. The van der Waals surface area contributed by atoms with Gasteiger partial charge in [-0.3, -0.25) is 4.79 Å². The van der Waals surface area contributed by atoms with Gasteiger partial charge in [0.25, 0.3) is 5.91 Å². The minimum Gasteiger partial charge on any atom is -0.308 e. The van der Waals surface area contributed by atoms with Gasteiger partial charge in [-0.15, -0.1) is 22.7 Å². The summed E-state index contributed by atoms with van der Waals surface area (Å²) in [6.07, 6.45) is 0.876. The monoisotopic (exact) mass is 377 g/mol. The van der Waals surface area contributed by atoms with Gasteiger partial charge in [0.2, 0.25) is 0 Å². The smallest absolute Gasteiger partial charge is 0.258 e. The Morgan fingerprint density at radius 3 is 2.92 bits per heavy atom. The Morgan fingerprint density at radius 1 is 1.15 bits per heavy atom. The summed E-state index contributed by atoms with van der Waals surface area (Å²) in [7, 11) is 0. The molecule has 0 saturated carbocycles. The highest BCUT2D eigenvalue weighted by Crippen LogP contribution is 2.34. The second-order valence-electron chi connectivity index (χ2n) is 6.34. The fourth-order valence-electron chi connectivity index (χ4n) is 3.41. The molecule has 0 aliphatic carbocycles. The molecular formula is C20H15N3OS2. The van der Waals surface area contributed by atoms with Crippen LogP contribution in [0.25, 0.3) is 21.5 Å². The normalized spacial score (nSPS) is 13.3. The number of amides is 1. The topological polar surface area (TPSA) is 46.1 Å². The van der Waals surface area contributed by atoms with Gasteiger partial charge in [-0.05, 0) is 49.2 Å². The van der Waals surface area contributed by atoms with Gasteiger partial charge in [0, 0.05) is 28.7 Å². The first kappa shape index (κ1) is 15.7. The first-order valence-electron chi connectivity index (χ1n) is 8.39. The highest BCUT2D eigenvalue weighted by Gasteiger charge is 2.26. The number of anilines is 1. The average Bonchev–Trinajstić information content (AvgIpc) is 3.38. The maximum absolute atomic E-state index is 13.0. The molecular weight excluding hydrogens is 362 g/mol. The zero-order chi connectivity index (χ0) is 17.7. The average molecular weight is 377 g/mol. The minimum atomic E-state index is 0.0521. The summed E-state index contributed by atoms with van der Waals surface area (Å²) >= 11 is 3.22.